The Morgan fingerprint density at radius 3 is 2.65 bits per heavy atom. The van der Waals surface area contributed by atoms with Crippen LogP contribution in [0, 0.1) is 0 Å². The Morgan fingerprint density at radius 2 is 1.78 bits per heavy atom. The van der Waals surface area contributed by atoms with Crippen LogP contribution in [0.5, 0.6) is 0 Å². The van der Waals surface area contributed by atoms with E-state index in [1.54, 1.807) is 6.33 Å². The molecule has 0 spiro atoms. The highest BCUT2D eigenvalue weighted by Crippen LogP contribution is 2.30. The summed E-state index contributed by atoms with van der Waals surface area (Å²) < 4.78 is 0. The first-order valence-corrected chi connectivity index (χ1v) is 7.60. The van der Waals surface area contributed by atoms with Crippen LogP contribution in [0.4, 0.5) is 5.82 Å². The van der Waals surface area contributed by atoms with Crippen molar-refractivity contribution in [3.05, 3.63) is 66.9 Å². The van der Waals surface area contributed by atoms with E-state index in [1.807, 2.05) is 24.5 Å². The molecule has 0 saturated heterocycles. The Bertz CT molecular complexity index is 923. The summed E-state index contributed by atoms with van der Waals surface area (Å²) in [5.41, 5.74) is 4.37. The maximum Gasteiger partial charge on any atom is 0.142 e. The molecule has 0 aliphatic rings. The number of hydrogen-bond acceptors (Lipinski definition) is 3. The largest absolute Gasteiger partial charge is 0.363 e. The second-order valence-corrected chi connectivity index (χ2v) is 5.50. The molecule has 0 unspecified atom stereocenters. The smallest absolute Gasteiger partial charge is 0.142 e. The molecule has 114 valence electrons. The number of benzene rings is 1. The maximum atomic E-state index is 4.38. The molecule has 3 heterocycles. The molecule has 1 atom stereocenters. The summed E-state index contributed by atoms with van der Waals surface area (Å²) in [5, 5.41) is 4.47. The van der Waals surface area contributed by atoms with Gasteiger partial charge in [0.15, 0.2) is 0 Å². The summed E-state index contributed by atoms with van der Waals surface area (Å²) >= 11 is 0. The molecule has 0 radical (unpaired) electrons. The predicted octanol–water partition coefficient (Wildman–Crippen LogP) is 4.13. The molecule has 0 aliphatic carbocycles. The number of fused-ring (bicyclic) bond motifs is 1. The van der Waals surface area contributed by atoms with E-state index in [2.05, 4.69) is 62.5 Å². The molecule has 3 N–H and O–H groups in total. The minimum Gasteiger partial charge on any atom is -0.363 e. The SMILES string of the molecule is C[C@H](Nc1ncnc2[nH]ccc12)c1[nH]ccc1-c1ccccc1. The van der Waals surface area contributed by atoms with E-state index in [-0.39, 0.29) is 6.04 Å². The van der Waals surface area contributed by atoms with Crippen LogP contribution < -0.4 is 5.32 Å². The lowest BCUT2D eigenvalue weighted by Crippen LogP contribution is -2.09. The van der Waals surface area contributed by atoms with E-state index >= 15 is 0 Å². The average molecular weight is 303 g/mol. The van der Waals surface area contributed by atoms with Crippen molar-refractivity contribution in [1.82, 2.24) is 19.9 Å². The fourth-order valence-electron chi connectivity index (χ4n) is 2.87. The summed E-state index contributed by atoms with van der Waals surface area (Å²) in [6, 6.07) is 14.6. The normalized spacial score (nSPS) is 12.4. The number of nitrogens with zero attached hydrogens (tertiary/aromatic N) is 2. The molecule has 0 fully saturated rings. The number of H-pyrrole nitrogens is 2. The van der Waals surface area contributed by atoms with E-state index in [1.165, 1.54) is 11.1 Å². The molecule has 1 aromatic carbocycles. The number of hydrogen-bond donors (Lipinski definition) is 3. The lowest BCUT2D eigenvalue weighted by molar-refractivity contribution is 0.845. The van der Waals surface area contributed by atoms with Gasteiger partial charge in [-0.25, -0.2) is 9.97 Å². The molecule has 5 nitrogen and oxygen atoms in total. The first kappa shape index (κ1) is 13.6. The Labute approximate surface area is 133 Å². The number of aromatic nitrogens is 4. The lowest BCUT2D eigenvalue weighted by atomic mass is 10.0. The second-order valence-electron chi connectivity index (χ2n) is 5.50. The van der Waals surface area contributed by atoms with Gasteiger partial charge in [-0.1, -0.05) is 30.3 Å². The van der Waals surface area contributed by atoms with Gasteiger partial charge in [0, 0.05) is 23.7 Å². The quantitative estimate of drug-likeness (QED) is 0.531. The van der Waals surface area contributed by atoms with Crippen LogP contribution in [0.15, 0.2) is 61.2 Å². The molecular weight excluding hydrogens is 286 g/mol. The average Bonchev–Trinajstić information content (AvgIpc) is 3.25. The molecule has 3 aromatic heterocycles. The highest BCUT2D eigenvalue weighted by Gasteiger charge is 2.15. The summed E-state index contributed by atoms with van der Waals surface area (Å²) in [4.78, 5) is 15.1. The van der Waals surface area contributed by atoms with Gasteiger partial charge in [0.05, 0.1) is 11.4 Å². The van der Waals surface area contributed by atoms with E-state index in [0.29, 0.717) is 0 Å². The molecule has 5 heteroatoms. The third-order valence-electron chi connectivity index (χ3n) is 4.00. The minimum atomic E-state index is 0.0909. The molecule has 23 heavy (non-hydrogen) atoms. The van der Waals surface area contributed by atoms with Crippen molar-refractivity contribution in [2.24, 2.45) is 0 Å². The van der Waals surface area contributed by atoms with Crippen LogP contribution in [-0.4, -0.2) is 19.9 Å². The van der Waals surface area contributed by atoms with Gasteiger partial charge in [-0.3, -0.25) is 0 Å². The number of nitrogens with one attached hydrogen (secondary N) is 3. The fourth-order valence-corrected chi connectivity index (χ4v) is 2.87. The predicted molar refractivity (Wildman–Crippen MR) is 92.2 cm³/mol. The number of rotatable bonds is 4. The fraction of sp³-hybridized carbons (Fsp3) is 0.111. The van der Waals surface area contributed by atoms with Gasteiger partial charge in [0.1, 0.15) is 17.8 Å². The Hall–Kier alpha value is -3.08. The van der Waals surface area contributed by atoms with E-state index < -0.39 is 0 Å². The van der Waals surface area contributed by atoms with Crippen molar-refractivity contribution in [3.63, 3.8) is 0 Å². The molecule has 4 rings (SSSR count). The standard InChI is InChI=1S/C18H17N5/c1-12(23-18-15-8-10-20-17(15)21-11-22-18)16-14(7-9-19-16)13-5-3-2-4-6-13/h2-12,19H,1H3,(H2,20,21,22,23)/t12-/m0/s1. The van der Waals surface area contributed by atoms with E-state index in [0.717, 1.165) is 22.5 Å². The first-order valence-electron chi connectivity index (χ1n) is 7.60. The van der Waals surface area contributed by atoms with Gasteiger partial charge in [0.25, 0.3) is 0 Å². The van der Waals surface area contributed by atoms with Gasteiger partial charge >= 0.3 is 0 Å². The summed E-state index contributed by atoms with van der Waals surface area (Å²) in [5.74, 6) is 0.831. The highest BCUT2D eigenvalue weighted by molar-refractivity contribution is 5.86. The minimum absolute atomic E-state index is 0.0909. The zero-order valence-corrected chi connectivity index (χ0v) is 12.7. The van der Waals surface area contributed by atoms with Crippen LogP contribution in [0.1, 0.15) is 18.7 Å². The van der Waals surface area contributed by atoms with Gasteiger partial charge < -0.3 is 15.3 Å². The molecule has 4 aromatic rings. The van der Waals surface area contributed by atoms with Crippen LogP contribution in [-0.2, 0) is 0 Å². The Kier molecular flexibility index (Phi) is 3.31. The van der Waals surface area contributed by atoms with Crippen molar-refractivity contribution in [3.8, 4) is 11.1 Å². The zero-order valence-electron chi connectivity index (χ0n) is 12.7. The third kappa shape index (κ3) is 2.46. The summed E-state index contributed by atoms with van der Waals surface area (Å²) in [6.07, 6.45) is 5.42. The third-order valence-corrected chi connectivity index (χ3v) is 4.00. The van der Waals surface area contributed by atoms with Gasteiger partial charge in [-0.2, -0.15) is 0 Å². The van der Waals surface area contributed by atoms with Gasteiger partial charge in [-0.05, 0) is 24.6 Å². The molecule has 0 aliphatic heterocycles. The molecule has 0 saturated carbocycles. The topological polar surface area (TPSA) is 69.4 Å². The molecule has 0 bridgehead atoms. The zero-order chi connectivity index (χ0) is 15.6. The Balaban J connectivity index is 1.67. The lowest BCUT2D eigenvalue weighted by Gasteiger charge is -2.16. The maximum absolute atomic E-state index is 4.38. The van der Waals surface area contributed by atoms with Crippen molar-refractivity contribution in [1.29, 1.82) is 0 Å². The van der Waals surface area contributed by atoms with Crippen LogP contribution in [0.3, 0.4) is 0 Å². The van der Waals surface area contributed by atoms with Gasteiger partial charge in [0.2, 0.25) is 0 Å². The van der Waals surface area contributed by atoms with Crippen molar-refractivity contribution in [2.75, 3.05) is 5.32 Å². The van der Waals surface area contributed by atoms with E-state index in [4.69, 9.17) is 0 Å². The monoisotopic (exact) mass is 303 g/mol. The summed E-state index contributed by atoms with van der Waals surface area (Å²) in [7, 11) is 0. The van der Waals surface area contributed by atoms with Crippen molar-refractivity contribution in [2.45, 2.75) is 13.0 Å². The van der Waals surface area contributed by atoms with Crippen LogP contribution in [0.2, 0.25) is 0 Å². The number of anilines is 1. The van der Waals surface area contributed by atoms with Gasteiger partial charge in [-0.15, -0.1) is 0 Å². The molecule has 0 amide bonds. The van der Waals surface area contributed by atoms with E-state index in [9.17, 15) is 0 Å². The molecular formula is C18H17N5. The number of aromatic amines is 2. The highest BCUT2D eigenvalue weighted by atomic mass is 15.1. The van der Waals surface area contributed by atoms with Crippen molar-refractivity contribution >= 4 is 16.9 Å². The first-order chi connectivity index (χ1) is 11.3. The Morgan fingerprint density at radius 1 is 0.957 bits per heavy atom. The van der Waals surface area contributed by atoms with Crippen LogP contribution >= 0.6 is 0 Å². The van der Waals surface area contributed by atoms with Crippen LogP contribution in [0.25, 0.3) is 22.2 Å². The summed E-state index contributed by atoms with van der Waals surface area (Å²) in [6.45, 7) is 2.12. The van der Waals surface area contributed by atoms with Crippen molar-refractivity contribution < 1.29 is 0 Å². The second kappa shape index (κ2) is 5.61.